The lowest BCUT2D eigenvalue weighted by Gasteiger charge is -2.03. The van der Waals surface area contributed by atoms with Gasteiger partial charge in [-0.2, -0.15) is 0 Å². The molecule has 1 nitrogen and oxygen atoms in total. The Balaban J connectivity index is 0.000000300. The summed E-state index contributed by atoms with van der Waals surface area (Å²) in [5.41, 5.74) is 2.15. The molecule has 1 aliphatic carbocycles. The maximum absolute atomic E-state index is 7.90. The Kier molecular flexibility index (Phi) is 7.26. The Morgan fingerprint density at radius 2 is 1.47 bits per heavy atom. The normalized spacial score (nSPS) is 14.2. The molecule has 0 unspecified atom stereocenters. The molecule has 1 aromatic carbocycles. The third kappa shape index (κ3) is 5.52. The molecule has 1 heteroatoms. The first kappa shape index (κ1) is 15.2. The zero-order valence-corrected chi connectivity index (χ0v) is 11.6. The van der Waals surface area contributed by atoms with E-state index in [1.807, 2.05) is 30.3 Å². The van der Waals surface area contributed by atoms with Gasteiger partial charge in [0.05, 0.1) is 5.71 Å². The van der Waals surface area contributed by atoms with Crippen LogP contribution in [0.3, 0.4) is 0 Å². The number of benzene rings is 1. The summed E-state index contributed by atoms with van der Waals surface area (Å²) in [5, 5.41) is 7.90. The molecule has 1 saturated carbocycles. The van der Waals surface area contributed by atoms with Crippen LogP contribution in [0, 0.1) is 5.41 Å². The van der Waals surface area contributed by atoms with Gasteiger partial charge >= 0.3 is 0 Å². The van der Waals surface area contributed by atoms with Crippen molar-refractivity contribution in [2.45, 2.75) is 32.1 Å². The predicted octanol–water partition coefficient (Wildman–Crippen LogP) is 5.30. The average Bonchev–Trinajstić information content (AvgIpc) is 3.04. The smallest absolute Gasteiger partial charge is 0.0684 e. The largest absolute Gasteiger partial charge is 0.300 e. The van der Waals surface area contributed by atoms with Crippen molar-refractivity contribution in [1.29, 1.82) is 5.41 Å². The van der Waals surface area contributed by atoms with Gasteiger partial charge in [-0.15, -0.1) is 0 Å². The molecule has 0 atom stereocenters. The summed E-state index contributed by atoms with van der Waals surface area (Å²) in [7, 11) is 0. The molecule has 100 valence electrons. The summed E-state index contributed by atoms with van der Waals surface area (Å²) in [6, 6.07) is 9.57. The minimum atomic E-state index is 0.473. The third-order valence-corrected chi connectivity index (χ3v) is 3.12. The standard InChI is InChI=1S/C13H13N.C5H10/c1-3-8-11(4-2)13(14)12-9-6-5-7-10-12;1-2-4-5-3-1/h3-10,14H,1-2H2;1-5H2/b11-8+,14-13?;. The summed E-state index contributed by atoms with van der Waals surface area (Å²) in [6.45, 7) is 7.27. The second-order valence-corrected chi connectivity index (χ2v) is 4.57. The van der Waals surface area contributed by atoms with Gasteiger partial charge in [0.25, 0.3) is 0 Å². The average molecular weight is 253 g/mol. The van der Waals surface area contributed by atoms with Crippen LogP contribution in [-0.4, -0.2) is 5.71 Å². The molecule has 0 amide bonds. The molecular weight excluding hydrogens is 230 g/mol. The van der Waals surface area contributed by atoms with Crippen LogP contribution in [0.15, 0.2) is 67.3 Å². The highest BCUT2D eigenvalue weighted by Crippen LogP contribution is 2.15. The van der Waals surface area contributed by atoms with Crippen LogP contribution in [-0.2, 0) is 0 Å². The Morgan fingerprint density at radius 3 is 1.89 bits per heavy atom. The van der Waals surface area contributed by atoms with E-state index >= 15 is 0 Å². The summed E-state index contributed by atoms with van der Waals surface area (Å²) >= 11 is 0. The third-order valence-electron chi connectivity index (χ3n) is 3.12. The van der Waals surface area contributed by atoms with E-state index in [1.165, 1.54) is 32.1 Å². The molecule has 0 radical (unpaired) electrons. The second kappa shape index (κ2) is 9.09. The zero-order chi connectivity index (χ0) is 13.9. The van der Waals surface area contributed by atoms with Crippen LogP contribution in [0.2, 0.25) is 0 Å². The minimum Gasteiger partial charge on any atom is -0.300 e. The van der Waals surface area contributed by atoms with E-state index in [9.17, 15) is 0 Å². The second-order valence-electron chi connectivity index (χ2n) is 4.57. The highest BCUT2D eigenvalue weighted by molar-refractivity contribution is 6.12. The van der Waals surface area contributed by atoms with Gasteiger partial charge in [-0.1, -0.05) is 93.8 Å². The van der Waals surface area contributed by atoms with Crippen molar-refractivity contribution in [2.24, 2.45) is 0 Å². The van der Waals surface area contributed by atoms with Crippen molar-refractivity contribution in [3.05, 3.63) is 72.9 Å². The van der Waals surface area contributed by atoms with Crippen LogP contribution in [0.4, 0.5) is 0 Å². The van der Waals surface area contributed by atoms with Crippen molar-refractivity contribution in [3.8, 4) is 0 Å². The van der Waals surface area contributed by atoms with E-state index in [2.05, 4.69) is 13.2 Å². The van der Waals surface area contributed by atoms with E-state index in [4.69, 9.17) is 5.41 Å². The Bertz CT molecular complexity index is 428. The highest BCUT2D eigenvalue weighted by atomic mass is 14.4. The van der Waals surface area contributed by atoms with Gasteiger partial charge in [-0.25, -0.2) is 0 Å². The molecule has 1 aromatic rings. The van der Waals surface area contributed by atoms with Gasteiger partial charge in [0.15, 0.2) is 0 Å². The van der Waals surface area contributed by atoms with Crippen LogP contribution in [0.5, 0.6) is 0 Å². The van der Waals surface area contributed by atoms with E-state index in [-0.39, 0.29) is 0 Å². The predicted molar refractivity (Wildman–Crippen MR) is 84.8 cm³/mol. The first-order valence-electron chi connectivity index (χ1n) is 6.89. The molecule has 0 aliphatic heterocycles. The quantitative estimate of drug-likeness (QED) is 0.556. The van der Waals surface area contributed by atoms with Gasteiger partial charge in [-0.3, -0.25) is 5.41 Å². The summed E-state index contributed by atoms with van der Waals surface area (Å²) in [5.74, 6) is 0. The van der Waals surface area contributed by atoms with Crippen molar-refractivity contribution in [2.75, 3.05) is 0 Å². The molecule has 2 rings (SSSR count). The first-order chi connectivity index (χ1) is 9.29. The van der Waals surface area contributed by atoms with Crippen molar-refractivity contribution >= 4 is 5.71 Å². The number of nitrogens with one attached hydrogen (secondary N) is 1. The van der Waals surface area contributed by atoms with Gasteiger partial charge in [0.2, 0.25) is 0 Å². The van der Waals surface area contributed by atoms with Crippen molar-refractivity contribution < 1.29 is 0 Å². The van der Waals surface area contributed by atoms with E-state index in [1.54, 1.807) is 18.2 Å². The zero-order valence-electron chi connectivity index (χ0n) is 11.6. The van der Waals surface area contributed by atoms with E-state index in [0.29, 0.717) is 5.71 Å². The van der Waals surface area contributed by atoms with E-state index < -0.39 is 0 Å². The lowest BCUT2D eigenvalue weighted by molar-refractivity contribution is 0.886. The van der Waals surface area contributed by atoms with Gasteiger partial charge in [-0.05, 0) is 11.1 Å². The topological polar surface area (TPSA) is 23.9 Å². The van der Waals surface area contributed by atoms with Crippen molar-refractivity contribution in [1.82, 2.24) is 0 Å². The SMILES string of the molecule is C1CCCC1.C=C/C=C(\C=C)C(=N)c1ccccc1. The molecule has 19 heavy (non-hydrogen) atoms. The van der Waals surface area contributed by atoms with Gasteiger partial charge in [0.1, 0.15) is 0 Å². The Morgan fingerprint density at radius 1 is 0.947 bits per heavy atom. The van der Waals surface area contributed by atoms with Crippen LogP contribution in [0.1, 0.15) is 37.7 Å². The summed E-state index contributed by atoms with van der Waals surface area (Å²) in [6.07, 6.45) is 12.6. The van der Waals surface area contributed by atoms with Gasteiger partial charge < -0.3 is 0 Å². The minimum absolute atomic E-state index is 0.473. The van der Waals surface area contributed by atoms with Crippen LogP contribution < -0.4 is 0 Å². The molecule has 0 heterocycles. The Labute approximate surface area is 116 Å². The van der Waals surface area contributed by atoms with Crippen molar-refractivity contribution in [3.63, 3.8) is 0 Å². The Hall–Kier alpha value is -1.89. The monoisotopic (exact) mass is 253 g/mol. The molecule has 0 aromatic heterocycles. The van der Waals surface area contributed by atoms with Crippen LogP contribution >= 0.6 is 0 Å². The lowest BCUT2D eigenvalue weighted by Crippen LogP contribution is -2.00. The van der Waals surface area contributed by atoms with Gasteiger partial charge in [0, 0.05) is 0 Å². The fraction of sp³-hybridized carbons (Fsp3) is 0.278. The summed E-state index contributed by atoms with van der Waals surface area (Å²) in [4.78, 5) is 0. The number of rotatable bonds is 4. The molecular formula is C18H23N. The molecule has 1 N–H and O–H groups in total. The fourth-order valence-electron chi connectivity index (χ4n) is 2.04. The fourth-order valence-corrected chi connectivity index (χ4v) is 2.04. The molecule has 1 fully saturated rings. The molecule has 1 aliphatic rings. The number of hydrogen-bond acceptors (Lipinski definition) is 1. The number of allylic oxidation sites excluding steroid dienone is 4. The highest BCUT2D eigenvalue weighted by Gasteiger charge is 2.02. The maximum atomic E-state index is 7.90. The first-order valence-corrected chi connectivity index (χ1v) is 6.89. The van der Waals surface area contributed by atoms with Crippen LogP contribution in [0.25, 0.3) is 0 Å². The molecule has 0 spiro atoms. The molecule has 0 bridgehead atoms. The lowest BCUT2D eigenvalue weighted by atomic mass is 10.0. The molecule has 0 saturated heterocycles. The maximum Gasteiger partial charge on any atom is 0.0684 e. The number of hydrogen-bond donors (Lipinski definition) is 1. The summed E-state index contributed by atoms with van der Waals surface area (Å²) < 4.78 is 0. The van der Waals surface area contributed by atoms with E-state index in [0.717, 1.165) is 11.1 Å².